The third kappa shape index (κ3) is 2.92. The average Bonchev–Trinajstić information content (AvgIpc) is 2.94. The number of rotatable bonds is 3. The fourth-order valence-corrected chi connectivity index (χ4v) is 2.72. The Hall–Kier alpha value is -2.29. The van der Waals surface area contributed by atoms with Crippen LogP contribution in [0.4, 0.5) is 0 Å². The van der Waals surface area contributed by atoms with Gasteiger partial charge in [0, 0.05) is 13.3 Å². The van der Waals surface area contributed by atoms with E-state index in [-0.39, 0.29) is 11.9 Å². The number of hydrogen-bond donors (Lipinski definition) is 1. The highest BCUT2D eigenvalue weighted by atomic mass is 16.5. The van der Waals surface area contributed by atoms with Gasteiger partial charge in [0.2, 0.25) is 5.91 Å². The molecule has 3 nitrogen and oxygen atoms in total. The third-order valence-electron chi connectivity index (χ3n) is 3.85. The predicted octanol–water partition coefficient (Wildman–Crippen LogP) is 3.49. The SMILES string of the molecule is CC(=O)NC(C)c1ccc(-c2ccc3c(c2)CCO3)cc1. The van der Waals surface area contributed by atoms with Gasteiger partial charge in [0.15, 0.2) is 0 Å². The standard InChI is InChI=1S/C18H19NO2/c1-12(19-13(2)20)14-3-5-15(6-4-14)16-7-8-18-17(11-16)9-10-21-18/h3-8,11-12H,9-10H2,1-2H3,(H,19,20). The van der Waals surface area contributed by atoms with Crippen LogP contribution in [0.3, 0.4) is 0 Å². The van der Waals surface area contributed by atoms with Gasteiger partial charge in [-0.05, 0) is 41.3 Å². The average molecular weight is 281 g/mol. The number of ether oxygens (including phenoxy) is 1. The van der Waals surface area contributed by atoms with Crippen molar-refractivity contribution < 1.29 is 9.53 Å². The molecule has 1 amide bonds. The molecule has 3 rings (SSSR count). The number of amides is 1. The van der Waals surface area contributed by atoms with Crippen LogP contribution < -0.4 is 10.1 Å². The smallest absolute Gasteiger partial charge is 0.217 e. The van der Waals surface area contributed by atoms with E-state index in [1.807, 2.05) is 13.0 Å². The molecule has 1 N–H and O–H groups in total. The maximum atomic E-state index is 11.1. The first kappa shape index (κ1) is 13.7. The molecule has 0 aromatic heterocycles. The largest absolute Gasteiger partial charge is 0.493 e. The van der Waals surface area contributed by atoms with Crippen molar-refractivity contribution in [2.24, 2.45) is 0 Å². The van der Waals surface area contributed by atoms with Gasteiger partial charge in [-0.2, -0.15) is 0 Å². The van der Waals surface area contributed by atoms with E-state index < -0.39 is 0 Å². The van der Waals surface area contributed by atoms with Gasteiger partial charge in [-0.3, -0.25) is 4.79 Å². The molecule has 2 aromatic rings. The summed E-state index contributed by atoms with van der Waals surface area (Å²) in [6, 6.07) is 14.7. The van der Waals surface area contributed by atoms with Crippen molar-refractivity contribution in [1.82, 2.24) is 5.32 Å². The van der Waals surface area contributed by atoms with E-state index in [0.717, 1.165) is 24.3 Å². The second-order valence-electron chi connectivity index (χ2n) is 5.47. The van der Waals surface area contributed by atoms with Crippen molar-refractivity contribution in [1.29, 1.82) is 0 Å². The lowest BCUT2D eigenvalue weighted by molar-refractivity contribution is -0.119. The molecule has 21 heavy (non-hydrogen) atoms. The molecule has 108 valence electrons. The van der Waals surface area contributed by atoms with Gasteiger partial charge in [-0.1, -0.05) is 30.3 Å². The molecule has 0 saturated heterocycles. The molecular formula is C18H19NO2. The van der Waals surface area contributed by atoms with Crippen LogP contribution in [0.15, 0.2) is 42.5 Å². The number of carbonyl (C=O) groups is 1. The molecule has 3 heteroatoms. The molecule has 1 unspecified atom stereocenters. The number of hydrogen-bond acceptors (Lipinski definition) is 2. The summed E-state index contributed by atoms with van der Waals surface area (Å²) < 4.78 is 5.54. The molecule has 1 atom stereocenters. The minimum atomic E-state index is -0.00908. The molecule has 1 aliphatic heterocycles. The number of nitrogens with one attached hydrogen (secondary N) is 1. The molecular weight excluding hydrogens is 262 g/mol. The van der Waals surface area contributed by atoms with Crippen LogP contribution in [0.2, 0.25) is 0 Å². The predicted molar refractivity (Wildman–Crippen MR) is 83.3 cm³/mol. The zero-order valence-electron chi connectivity index (χ0n) is 12.3. The summed E-state index contributed by atoms with van der Waals surface area (Å²) in [6.45, 7) is 4.31. The van der Waals surface area contributed by atoms with E-state index in [1.165, 1.54) is 23.6 Å². The van der Waals surface area contributed by atoms with Crippen LogP contribution in [-0.4, -0.2) is 12.5 Å². The van der Waals surface area contributed by atoms with E-state index in [4.69, 9.17) is 4.74 Å². The summed E-state index contributed by atoms with van der Waals surface area (Å²) in [5.41, 5.74) is 4.78. The summed E-state index contributed by atoms with van der Waals surface area (Å²) in [5, 5.41) is 2.90. The van der Waals surface area contributed by atoms with E-state index in [2.05, 4.69) is 41.7 Å². The topological polar surface area (TPSA) is 38.3 Å². The molecule has 0 spiro atoms. The summed E-state index contributed by atoms with van der Waals surface area (Å²) in [5.74, 6) is 1.000. The van der Waals surface area contributed by atoms with Crippen molar-refractivity contribution in [3.63, 3.8) is 0 Å². The van der Waals surface area contributed by atoms with Crippen molar-refractivity contribution in [2.45, 2.75) is 26.3 Å². The fraction of sp³-hybridized carbons (Fsp3) is 0.278. The number of fused-ring (bicyclic) bond motifs is 1. The number of carbonyl (C=O) groups excluding carboxylic acids is 1. The van der Waals surface area contributed by atoms with Crippen LogP contribution >= 0.6 is 0 Å². The maximum Gasteiger partial charge on any atom is 0.217 e. The Morgan fingerprint density at radius 2 is 1.86 bits per heavy atom. The van der Waals surface area contributed by atoms with Crippen LogP contribution in [0, 0.1) is 0 Å². The monoisotopic (exact) mass is 281 g/mol. The summed E-state index contributed by atoms with van der Waals surface area (Å²) in [6.07, 6.45) is 0.987. The Balaban J connectivity index is 1.82. The van der Waals surface area contributed by atoms with Gasteiger partial charge in [0.05, 0.1) is 12.6 Å². The molecule has 1 heterocycles. The van der Waals surface area contributed by atoms with Gasteiger partial charge >= 0.3 is 0 Å². The van der Waals surface area contributed by atoms with Crippen LogP contribution in [-0.2, 0) is 11.2 Å². The summed E-state index contributed by atoms with van der Waals surface area (Å²) in [4.78, 5) is 11.1. The molecule has 0 aliphatic carbocycles. The van der Waals surface area contributed by atoms with E-state index in [9.17, 15) is 4.79 Å². The molecule has 1 aliphatic rings. The Morgan fingerprint density at radius 3 is 2.57 bits per heavy atom. The Morgan fingerprint density at radius 1 is 1.14 bits per heavy atom. The highest BCUT2D eigenvalue weighted by Gasteiger charge is 2.13. The first-order valence-electron chi connectivity index (χ1n) is 7.26. The quantitative estimate of drug-likeness (QED) is 0.935. The highest BCUT2D eigenvalue weighted by molar-refractivity contribution is 5.73. The minimum absolute atomic E-state index is 0.00908. The molecule has 0 bridgehead atoms. The van der Waals surface area contributed by atoms with Gasteiger partial charge in [-0.15, -0.1) is 0 Å². The van der Waals surface area contributed by atoms with Crippen LogP contribution in [0.1, 0.15) is 31.0 Å². The van der Waals surface area contributed by atoms with Gasteiger partial charge in [0.25, 0.3) is 0 Å². The zero-order valence-corrected chi connectivity index (χ0v) is 12.3. The molecule has 2 aromatic carbocycles. The fourth-order valence-electron chi connectivity index (χ4n) is 2.72. The third-order valence-corrected chi connectivity index (χ3v) is 3.85. The summed E-state index contributed by atoms with van der Waals surface area (Å²) in [7, 11) is 0. The normalized spacial score (nSPS) is 14.2. The van der Waals surface area contributed by atoms with E-state index in [0.29, 0.717) is 0 Å². The number of benzene rings is 2. The van der Waals surface area contributed by atoms with Gasteiger partial charge < -0.3 is 10.1 Å². The second-order valence-corrected chi connectivity index (χ2v) is 5.47. The van der Waals surface area contributed by atoms with Crippen LogP contribution in [0.25, 0.3) is 11.1 Å². The Bertz CT molecular complexity index is 661. The lowest BCUT2D eigenvalue weighted by Crippen LogP contribution is -2.23. The molecule has 0 saturated carbocycles. The van der Waals surface area contributed by atoms with Crippen molar-refractivity contribution in [3.05, 3.63) is 53.6 Å². The molecule has 0 radical (unpaired) electrons. The Labute approximate surface area is 124 Å². The van der Waals surface area contributed by atoms with Gasteiger partial charge in [0.1, 0.15) is 5.75 Å². The lowest BCUT2D eigenvalue weighted by Gasteiger charge is -2.13. The van der Waals surface area contributed by atoms with Gasteiger partial charge in [-0.25, -0.2) is 0 Å². The second kappa shape index (κ2) is 5.60. The van der Waals surface area contributed by atoms with E-state index >= 15 is 0 Å². The highest BCUT2D eigenvalue weighted by Crippen LogP contribution is 2.30. The minimum Gasteiger partial charge on any atom is -0.493 e. The van der Waals surface area contributed by atoms with Crippen molar-refractivity contribution >= 4 is 5.91 Å². The first-order chi connectivity index (χ1) is 10.1. The molecule has 0 fully saturated rings. The Kier molecular flexibility index (Phi) is 3.65. The van der Waals surface area contributed by atoms with Crippen LogP contribution in [0.5, 0.6) is 5.75 Å². The summed E-state index contributed by atoms with van der Waals surface area (Å²) >= 11 is 0. The maximum absolute atomic E-state index is 11.1. The van der Waals surface area contributed by atoms with Crippen molar-refractivity contribution in [2.75, 3.05) is 6.61 Å². The first-order valence-corrected chi connectivity index (χ1v) is 7.26. The lowest BCUT2D eigenvalue weighted by atomic mass is 9.99. The van der Waals surface area contributed by atoms with Crippen molar-refractivity contribution in [3.8, 4) is 16.9 Å². The zero-order chi connectivity index (χ0) is 14.8. The van der Waals surface area contributed by atoms with E-state index in [1.54, 1.807) is 0 Å².